The van der Waals surface area contributed by atoms with Crippen LogP contribution in [0.15, 0.2) is 30.3 Å². The van der Waals surface area contributed by atoms with Crippen molar-refractivity contribution in [1.29, 1.82) is 0 Å². The lowest BCUT2D eigenvalue weighted by Gasteiger charge is -2.32. The topological polar surface area (TPSA) is 32.3 Å². The maximum Gasteiger partial charge on any atom is 0.223 e. The summed E-state index contributed by atoms with van der Waals surface area (Å²) < 4.78 is 0. The third-order valence-electron chi connectivity index (χ3n) is 4.63. The average molecular weight is 272 g/mol. The van der Waals surface area contributed by atoms with Gasteiger partial charge in [-0.15, -0.1) is 0 Å². The molecule has 3 nitrogen and oxygen atoms in total. The van der Waals surface area contributed by atoms with E-state index >= 15 is 0 Å². The first kappa shape index (κ1) is 13.6. The molecule has 0 unspecified atom stereocenters. The lowest BCUT2D eigenvalue weighted by atomic mass is 10.0. The van der Waals surface area contributed by atoms with Gasteiger partial charge in [-0.25, -0.2) is 0 Å². The second kappa shape index (κ2) is 5.96. The van der Waals surface area contributed by atoms with E-state index in [-0.39, 0.29) is 0 Å². The zero-order valence-corrected chi connectivity index (χ0v) is 12.2. The predicted octanol–water partition coefficient (Wildman–Crippen LogP) is 2.42. The standard InChI is InChI=1S/C17H24N2O/c1-13-11-16(13)17(20)18-15-7-9-19(10-8-15)12-14-5-3-2-4-6-14/h2-6,13,15-16H,7-12H2,1H3,(H,18,20)/t13-,16-/m1/s1. The zero-order chi connectivity index (χ0) is 13.9. The maximum atomic E-state index is 11.9. The second-order valence-corrected chi connectivity index (χ2v) is 6.36. The summed E-state index contributed by atoms with van der Waals surface area (Å²) in [6, 6.07) is 11.0. The molecule has 0 aromatic heterocycles. The van der Waals surface area contributed by atoms with Gasteiger partial charge in [-0.3, -0.25) is 9.69 Å². The quantitative estimate of drug-likeness (QED) is 0.913. The van der Waals surface area contributed by atoms with Gasteiger partial charge in [0.1, 0.15) is 0 Å². The molecular formula is C17H24N2O. The van der Waals surface area contributed by atoms with Crippen molar-refractivity contribution in [2.75, 3.05) is 13.1 Å². The average Bonchev–Trinajstić information content (AvgIpc) is 3.19. The molecule has 1 amide bonds. The molecule has 2 aliphatic rings. The molecule has 0 bridgehead atoms. The molecule has 1 aliphatic heterocycles. The number of hydrogen-bond acceptors (Lipinski definition) is 2. The van der Waals surface area contributed by atoms with Crippen LogP contribution in [0.2, 0.25) is 0 Å². The first-order valence-electron chi connectivity index (χ1n) is 7.79. The van der Waals surface area contributed by atoms with Crippen LogP contribution in [0.25, 0.3) is 0 Å². The van der Waals surface area contributed by atoms with Crippen molar-refractivity contribution in [3.63, 3.8) is 0 Å². The van der Waals surface area contributed by atoms with E-state index in [0.29, 0.717) is 23.8 Å². The lowest BCUT2D eigenvalue weighted by molar-refractivity contribution is -0.123. The van der Waals surface area contributed by atoms with Crippen LogP contribution < -0.4 is 5.32 Å². The third kappa shape index (κ3) is 3.40. The summed E-state index contributed by atoms with van der Waals surface area (Å²) in [4.78, 5) is 14.4. The summed E-state index contributed by atoms with van der Waals surface area (Å²) in [5.74, 6) is 1.20. The predicted molar refractivity (Wildman–Crippen MR) is 80.2 cm³/mol. The van der Waals surface area contributed by atoms with Crippen LogP contribution in [-0.2, 0) is 11.3 Å². The second-order valence-electron chi connectivity index (χ2n) is 6.36. The van der Waals surface area contributed by atoms with E-state index in [1.54, 1.807) is 0 Å². The number of piperidine rings is 1. The van der Waals surface area contributed by atoms with Crippen LogP contribution in [-0.4, -0.2) is 29.9 Å². The van der Waals surface area contributed by atoms with Crippen molar-refractivity contribution < 1.29 is 4.79 Å². The van der Waals surface area contributed by atoms with Gasteiger partial charge in [0.2, 0.25) is 5.91 Å². The molecule has 1 aromatic carbocycles. The molecule has 1 heterocycles. The Balaban J connectivity index is 1.42. The largest absolute Gasteiger partial charge is 0.353 e. The molecule has 108 valence electrons. The fraction of sp³-hybridized carbons (Fsp3) is 0.588. The Morgan fingerprint density at radius 2 is 1.90 bits per heavy atom. The van der Waals surface area contributed by atoms with Crippen molar-refractivity contribution >= 4 is 5.91 Å². The van der Waals surface area contributed by atoms with Crippen LogP contribution in [0.3, 0.4) is 0 Å². The number of hydrogen-bond donors (Lipinski definition) is 1. The van der Waals surface area contributed by atoms with Gasteiger partial charge in [0.15, 0.2) is 0 Å². The van der Waals surface area contributed by atoms with Gasteiger partial charge in [0.05, 0.1) is 0 Å². The Labute approximate surface area is 121 Å². The smallest absolute Gasteiger partial charge is 0.223 e. The van der Waals surface area contributed by atoms with E-state index in [1.165, 1.54) is 5.56 Å². The van der Waals surface area contributed by atoms with Crippen LogP contribution in [0.4, 0.5) is 0 Å². The molecule has 1 saturated carbocycles. The SMILES string of the molecule is C[C@@H]1C[C@H]1C(=O)NC1CCN(Cc2ccccc2)CC1. The summed E-state index contributed by atoms with van der Waals surface area (Å²) >= 11 is 0. The van der Waals surface area contributed by atoms with Crippen LogP contribution in [0.5, 0.6) is 0 Å². The molecule has 1 aliphatic carbocycles. The number of nitrogens with one attached hydrogen (secondary N) is 1. The minimum atomic E-state index is 0.291. The Kier molecular flexibility index (Phi) is 4.06. The number of carbonyl (C=O) groups excluding carboxylic acids is 1. The van der Waals surface area contributed by atoms with Gasteiger partial charge in [-0.2, -0.15) is 0 Å². The molecule has 1 N–H and O–H groups in total. The lowest BCUT2D eigenvalue weighted by Crippen LogP contribution is -2.44. The highest BCUT2D eigenvalue weighted by molar-refractivity contribution is 5.81. The van der Waals surface area contributed by atoms with E-state index in [0.717, 1.165) is 38.9 Å². The Morgan fingerprint density at radius 1 is 1.25 bits per heavy atom. The highest BCUT2D eigenvalue weighted by atomic mass is 16.2. The summed E-state index contributed by atoms with van der Waals surface area (Å²) in [6.45, 7) is 5.36. The van der Waals surface area contributed by atoms with Crippen molar-refractivity contribution in [2.45, 2.75) is 38.8 Å². The minimum absolute atomic E-state index is 0.291. The first-order valence-corrected chi connectivity index (χ1v) is 7.79. The van der Waals surface area contributed by atoms with Crippen molar-refractivity contribution in [3.8, 4) is 0 Å². The number of amides is 1. The number of nitrogens with zero attached hydrogens (tertiary/aromatic N) is 1. The van der Waals surface area contributed by atoms with E-state index in [1.807, 2.05) is 0 Å². The van der Waals surface area contributed by atoms with Gasteiger partial charge in [-0.05, 0) is 30.7 Å². The first-order chi connectivity index (χ1) is 9.72. The summed E-state index contributed by atoms with van der Waals surface area (Å²) in [7, 11) is 0. The molecule has 2 atom stereocenters. The molecule has 0 spiro atoms. The molecule has 1 saturated heterocycles. The fourth-order valence-corrected chi connectivity index (χ4v) is 3.07. The normalized spacial score (nSPS) is 27.2. The van der Waals surface area contributed by atoms with Crippen LogP contribution in [0.1, 0.15) is 31.7 Å². The molecule has 3 rings (SSSR count). The van der Waals surface area contributed by atoms with Gasteiger partial charge >= 0.3 is 0 Å². The van der Waals surface area contributed by atoms with Crippen molar-refractivity contribution in [2.24, 2.45) is 11.8 Å². The van der Waals surface area contributed by atoms with E-state index in [9.17, 15) is 4.79 Å². The molecule has 1 aromatic rings. The molecule has 20 heavy (non-hydrogen) atoms. The number of rotatable bonds is 4. The highest BCUT2D eigenvalue weighted by Gasteiger charge is 2.39. The minimum Gasteiger partial charge on any atom is -0.353 e. The molecule has 0 radical (unpaired) electrons. The Hall–Kier alpha value is -1.35. The van der Waals surface area contributed by atoms with Gasteiger partial charge in [0, 0.05) is 31.6 Å². The number of likely N-dealkylation sites (tertiary alicyclic amines) is 1. The summed E-state index contributed by atoms with van der Waals surface area (Å²) in [5, 5.41) is 3.23. The maximum absolute atomic E-state index is 11.9. The van der Waals surface area contributed by atoms with Crippen molar-refractivity contribution in [3.05, 3.63) is 35.9 Å². The van der Waals surface area contributed by atoms with Gasteiger partial charge < -0.3 is 5.32 Å². The Bertz CT molecular complexity index is 451. The Morgan fingerprint density at radius 3 is 2.50 bits per heavy atom. The van der Waals surface area contributed by atoms with E-state index in [4.69, 9.17) is 0 Å². The molecular weight excluding hydrogens is 248 g/mol. The van der Waals surface area contributed by atoms with Gasteiger partial charge in [-0.1, -0.05) is 37.3 Å². The third-order valence-corrected chi connectivity index (χ3v) is 4.63. The van der Waals surface area contributed by atoms with Gasteiger partial charge in [0.25, 0.3) is 0 Å². The number of benzene rings is 1. The van der Waals surface area contributed by atoms with E-state index < -0.39 is 0 Å². The monoisotopic (exact) mass is 272 g/mol. The summed E-state index contributed by atoms with van der Waals surface area (Å²) in [5.41, 5.74) is 1.38. The van der Waals surface area contributed by atoms with Crippen molar-refractivity contribution in [1.82, 2.24) is 10.2 Å². The molecule has 2 fully saturated rings. The zero-order valence-electron chi connectivity index (χ0n) is 12.2. The highest BCUT2D eigenvalue weighted by Crippen LogP contribution is 2.37. The molecule has 3 heteroatoms. The van der Waals surface area contributed by atoms with E-state index in [2.05, 4.69) is 47.5 Å². The van der Waals surface area contributed by atoms with Crippen LogP contribution in [0, 0.1) is 11.8 Å². The number of carbonyl (C=O) groups is 1. The fourth-order valence-electron chi connectivity index (χ4n) is 3.07. The summed E-state index contributed by atoms with van der Waals surface area (Å²) in [6.07, 6.45) is 3.25. The van der Waals surface area contributed by atoms with Crippen LogP contribution >= 0.6 is 0 Å².